The quantitative estimate of drug-likeness (QED) is 0.801. The van der Waals surface area contributed by atoms with E-state index in [1.165, 1.54) is 11.8 Å². The molecule has 1 amide bonds. The second kappa shape index (κ2) is 8.74. The summed E-state index contributed by atoms with van der Waals surface area (Å²) >= 11 is 0. The van der Waals surface area contributed by atoms with Crippen molar-refractivity contribution in [1.29, 1.82) is 0 Å². The first-order valence-electron chi connectivity index (χ1n) is 7.63. The van der Waals surface area contributed by atoms with Crippen LogP contribution in [0.2, 0.25) is 0 Å². The Morgan fingerprint density at radius 3 is 1.96 bits per heavy atom. The maximum Gasteiger partial charge on any atom is 0.403 e. The molecule has 138 valence electrons. The Morgan fingerprint density at radius 2 is 1.52 bits per heavy atom. The van der Waals surface area contributed by atoms with Gasteiger partial charge in [0.05, 0.1) is 5.54 Å². The number of piperazine rings is 1. The summed E-state index contributed by atoms with van der Waals surface area (Å²) in [6.45, 7) is 2.34. The standard InChI is InChI=1S/C14H24F3N3O.2ClH/c1-11(14(15,16)17)19-7-9-20(10-8-19)12(21)13(18)5-3-2-4-6-13;;/h11H,2-10,18H2,1H3;2*1H. The number of amides is 1. The van der Waals surface area contributed by atoms with Gasteiger partial charge in [-0.2, -0.15) is 13.2 Å². The normalized spacial score (nSPS) is 23.4. The molecular formula is C14H26Cl2F3N3O. The zero-order chi connectivity index (χ0) is 15.7. The summed E-state index contributed by atoms with van der Waals surface area (Å²) in [5, 5.41) is 0. The number of carbonyl (C=O) groups is 1. The van der Waals surface area contributed by atoms with E-state index in [-0.39, 0.29) is 43.8 Å². The number of halogens is 5. The Hall–Kier alpha value is -0.240. The minimum Gasteiger partial charge on any atom is -0.339 e. The maximum absolute atomic E-state index is 12.7. The van der Waals surface area contributed by atoms with Crippen LogP contribution in [0.4, 0.5) is 13.2 Å². The molecule has 4 nitrogen and oxygen atoms in total. The number of nitrogens with zero attached hydrogens (tertiary/aromatic N) is 2. The van der Waals surface area contributed by atoms with Crippen LogP contribution in [0.25, 0.3) is 0 Å². The molecule has 0 bridgehead atoms. The third kappa shape index (κ3) is 5.37. The average molecular weight is 380 g/mol. The van der Waals surface area contributed by atoms with E-state index < -0.39 is 17.8 Å². The predicted molar refractivity (Wildman–Crippen MR) is 88.2 cm³/mol. The Kier molecular flexibility index (Phi) is 8.65. The highest BCUT2D eigenvalue weighted by Gasteiger charge is 2.43. The van der Waals surface area contributed by atoms with Crippen LogP contribution in [0.15, 0.2) is 0 Å². The first-order valence-corrected chi connectivity index (χ1v) is 7.63. The van der Waals surface area contributed by atoms with Gasteiger partial charge in [-0.15, -0.1) is 24.8 Å². The molecule has 0 aromatic rings. The smallest absolute Gasteiger partial charge is 0.339 e. The molecule has 1 unspecified atom stereocenters. The summed E-state index contributed by atoms with van der Waals surface area (Å²) in [7, 11) is 0. The first-order chi connectivity index (χ1) is 9.74. The molecule has 9 heteroatoms. The molecule has 2 aliphatic rings. The van der Waals surface area contributed by atoms with Crippen molar-refractivity contribution in [2.45, 2.75) is 56.8 Å². The van der Waals surface area contributed by atoms with Gasteiger partial charge in [0.1, 0.15) is 6.04 Å². The van der Waals surface area contributed by atoms with Gasteiger partial charge in [0.15, 0.2) is 0 Å². The Bertz CT molecular complexity index is 382. The van der Waals surface area contributed by atoms with Crippen molar-refractivity contribution in [3.05, 3.63) is 0 Å². The fourth-order valence-electron chi connectivity index (χ4n) is 3.23. The Morgan fingerprint density at radius 1 is 1.04 bits per heavy atom. The molecule has 1 atom stereocenters. The SMILES string of the molecule is CC(N1CCN(C(=O)C2(N)CCCCC2)CC1)C(F)(F)F.Cl.Cl. The van der Waals surface area contributed by atoms with Gasteiger partial charge in [0, 0.05) is 26.2 Å². The van der Waals surface area contributed by atoms with Crippen LogP contribution in [0.3, 0.4) is 0 Å². The zero-order valence-electron chi connectivity index (χ0n) is 13.3. The molecule has 0 spiro atoms. The van der Waals surface area contributed by atoms with Gasteiger partial charge in [-0.3, -0.25) is 9.69 Å². The van der Waals surface area contributed by atoms with Gasteiger partial charge >= 0.3 is 6.18 Å². The number of hydrogen-bond donors (Lipinski definition) is 1. The van der Waals surface area contributed by atoms with Crippen molar-refractivity contribution in [2.75, 3.05) is 26.2 Å². The first kappa shape index (κ1) is 22.8. The number of alkyl halides is 3. The Labute approximate surface area is 147 Å². The lowest BCUT2D eigenvalue weighted by atomic mass is 9.81. The van der Waals surface area contributed by atoms with Crippen LogP contribution in [0, 0.1) is 0 Å². The van der Waals surface area contributed by atoms with E-state index in [9.17, 15) is 18.0 Å². The lowest BCUT2D eigenvalue weighted by molar-refractivity contribution is -0.183. The lowest BCUT2D eigenvalue weighted by Gasteiger charge is -2.42. The van der Waals surface area contributed by atoms with E-state index in [1.807, 2.05) is 0 Å². The minimum atomic E-state index is -4.22. The highest BCUT2D eigenvalue weighted by molar-refractivity contribution is 5.86. The summed E-state index contributed by atoms with van der Waals surface area (Å²) < 4.78 is 38.1. The van der Waals surface area contributed by atoms with E-state index >= 15 is 0 Å². The average Bonchev–Trinajstić information content (AvgIpc) is 2.46. The molecule has 0 aromatic heterocycles. The lowest BCUT2D eigenvalue weighted by Crippen LogP contribution is -2.61. The summed E-state index contributed by atoms with van der Waals surface area (Å²) in [5.74, 6) is -0.0819. The van der Waals surface area contributed by atoms with Crippen molar-refractivity contribution < 1.29 is 18.0 Å². The van der Waals surface area contributed by atoms with E-state index in [0.29, 0.717) is 25.9 Å². The van der Waals surface area contributed by atoms with Gasteiger partial charge in [-0.25, -0.2) is 0 Å². The third-order valence-electron chi connectivity index (χ3n) is 4.79. The molecule has 23 heavy (non-hydrogen) atoms. The molecule has 1 aliphatic heterocycles. The van der Waals surface area contributed by atoms with Gasteiger partial charge in [-0.1, -0.05) is 19.3 Å². The number of hydrogen-bond acceptors (Lipinski definition) is 3. The third-order valence-corrected chi connectivity index (χ3v) is 4.79. The summed E-state index contributed by atoms with van der Waals surface area (Å²) in [5.41, 5.74) is 5.42. The Balaban J connectivity index is 0.00000242. The van der Waals surface area contributed by atoms with Crippen molar-refractivity contribution in [3.63, 3.8) is 0 Å². The number of nitrogens with two attached hydrogens (primary N) is 1. The van der Waals surface area contributed by atoms with E-state index in [1.54, 1.807) is 4.90 Å². The van der Waals surface area contributed by atoms with Crippen LogP contribution in [0.5, 0.6) is 0 Å². The van der Waals surface area contributed by atoms with Crippen LogP contribution in [0.1, 0.15) is 39.0 Å². The molecule has 1 aliphatic carbocycles. The molecule has 1 saturated carbocycles. The molecule has 0 aromatic carbocycles. The highest BCUT2D eigenvalue weighted by atomic mass is 35.5. The molecular weight excluding hydrogens is 354 g/mol. The van der Waals surface area contributed by atoms with Crippen molar-refractivity contribution >= 4 is 30.7 Å². The number of rotatable bonds is 2. The van der Waals surface area contributed by atoms with Crippen LogP contribution in [-0.2, 0) is 4.79 Å². The molecule has 0 radical (unpaired) electrons. The van der Waals surface area contributed by atoms with Gasteiger partial charge in [-0.05, 0) is 19.8 Å². The van der Waals surface area contributed by atoms with Gasteiger partial charge in [0.25, 0.3) is 0 Å². The van der Waals surface area contributed by atoms with E-state index in [2.05, 4.69) is 0 Å². The monoisotopic (exact) mass is 379 g/mol. The van der Waals surface area contributed by atoms with Crippen LogP contribution < -0.4 is 5.73 Å². The van der Waals surface area contributed by atoms with E-state index in [0.717, 1.165) is 19.3 Å². The fraction of sp³-hybridized carbons (Fsp3) is 0.929. The second-order valence-corrected chi connectivity index (χ2v) is 6.26. The molecule has 1 saturated heterocycles. The van der Waals surface area contributed by atoms with Crippen molar-refractivity contribution in [3.8, 4) is 0 Å². The highest BCUT2D eigenvalue weighted by Crippen LogP contribution is 2.29. The fourth-order valence-corrected chi connectivity index (χ4v) is 3.23. The second-order valence-electron chi connectivity index (χ2n) is 6.26. The van der Waals surface area contributed by atoms with Crippen molar-refractivity contribution in [1.82, 2.24) is 9.80 Å². The minimum absolute atomic E-state index is 0. The van der Waals surface area contributed by atoms with Gasteiger partial charge in [0.2, 0.25) is 5.91 Å². The maximum atomic E-state index is 12.7. The number of carbonyl (C=O) groups excluding carboxylic acids is 1. The summed E-state index contributed by atoms with van der Waals surface area (Å²) in [6.07, 6.45) is 0.157. The van der Waals surface area contributed by atoms with Crippen molar-refractivity contribution in [2.24, 2.45) is 5.73 Å². The van der Waals surface area contributed by atoms with Gasteiger partial charge < -0.3 is 10.6 Å². The molecule has 1 heterocycles. The topological polar surface area (TPSA) is 49.6 Å². The molecule has 2 fully saturated rings. The van der Waals surface area contributed by atoms with E-state index in [4.69, 9.17) is 5.73 Å². The molecule has 2 rings (SSSR count). The zero-order valence-corrected chi connectivity index (χ0v) is 14.9. The molecule has 2 N–H and O–H groups in total. The predicted octanol–water partition coefficient (Wildman–Crippen LogP) is 2.59. The van der Waals surface area contributed by atoms with Crippen LogP contribution in [-0.4, -0.2) is 59.6 Å². The largest absolute Gasteiger partial charge is 0.403 e. The van der Waals surface area contributed by atoms with Crippen LogP contribution >= 0.6 is 24.8 Å². The summed E-state index contributed by atoms with van der Waals surface area (Å²) in [4.78, 5) is 15.5. The summed E-state index contributed by atoms with van der Waals surface area (Å²) in [6, 6.07) is -1.46.